The number of halogens is 4. The molecule has 0 bridgehead atoms. The molecule has 0 amide bonds. The van der Waals surface area contributed by atoms with Crippen LogP contribution in [-0.4, -0.2) is 28.4 Å². The molecule has 7 heteroatoms. The Kier molecular flexibility index (Phi) is 4.82. The molecule has 2 rings (SSSR count). The quantitative estimate of drug-likeness (QED) is 0.794. The summed E-state index contributed by atoms with van der Waals surface area (Å²) in [5.41, 5.74) is 1.68. The van der Waals surface area contributed by atoms with Gasteiger partial charge in [0.2, 0.25) is 0 Å². The lowest BCUT2D eigenvalue weighted by Gasteiger charge is -2.16. The summed E-state index contributed by atoms with van der Waals surface area (Å²) < 4.78 is 51.8. The maximum absolute atomic E-state index is 12.9. The summed E-state index contributed by atoms with van der Waals surface area (Å²) in [5.74, 6) is -3.45. The van der Waals surface area contributed by atoms with Crippen molar-refractivity contribution < 1.29 is 17.6 Å². The second-order valence-corrected chi connectivity index (χ2v) is 4.83. The second kappa shape index (κ2) is 6.43. The summed E-state index contributed by atoms with van der Waals surface area (Å²) in [6.07, 6.45) is -2.81. The first-order valence-electron chi connectivity index (χ1n) is 6.76. The van der Waals surface area contributed by atoms with Gasteiger partial charge < -0.3 is 9.88 Å². The first kappa shape index (κ1) is 15.8. The molecule has 0 radical (unpaired) electrons. The lowest BCUT2D eigenvalue weighted by atomic mass is 10.3. The van der Waals surface area contributed by atoms with E-state index >= 15 is 0 Å². The van der Waals surface area contributed by atoms with Gasteiger partial charge in [-0.05, 0) is 18.6 Å². The summed E-state index contributed by atoms with van der Waals surface area (Å²) in [4.78, 5) is 4.36. The van der Waals surface area contributed by atoms with Crippen molar-refractivity contribution in [2.45, 2.75) is 38.8 Å². The van der Waals surface area contributed by atoms with Crippen LogP contribution in [0.25, 0.3) is 11.0 Å². The lowest BCUT2D eigenvalue weighted by molar-refractivity contribution is -0.125. The number of hydrogen-bond acceptors (Lipinski definition) is 2. The summed E-state index contributed by atoms with van der Waals surface area (Å²) >= 11 is 0. The Morgan fingerprint density at radius 3 is 2.67 bits per heavy atom. The molecular formula is C14H17F4N3. The average molecular weight is 303 g/mol. The van der Waals surface area contributed by atoms with Crippen LogP contribution in [0, 0.1) is 0 Å². The molecule has 0 aliphatic heterocycles. The third-order valence-electron chi connectivity index (χ3n) is 3.14. The van der Waals surface area contributed by atoms with Gasteiger partial charge in [0, 0.05) is 6.54 Å². The molecule has 0 atom stereocenters. The molecule has 2 aromatic rings. The Morgan fingerprint density at radius 1 is 1.29 bits per heavy atom. The summed E-state index contributed by atoms with van der Waals surface area (Å²) in [6.45, 7) is 1.65. The second-order valence-electron chi connectivity index (χ2n) is 4.83. The molecule has 0 spiro atoms. The van der Waals surface area contributed by atoms with E-state index in [9.17, 15) is 17.6 Å². The Balaban J connectivity index is 2.13. The molecule has 0 fully saturated rings. The van der Waals surface area contributed by atoms with Gasteiger partial charge in [-0.25, -0.2) is 13.8 Å². The van der Waals surface area contributed by atoms with Crippen molar-refractivity contribution in [2.24, 2.45) is 0 Å². The van der Waals surface area contributed by atoms with Gasteiger partial charge in [0.15, 0.2) is 0 Å². The van der Waals surface area contributed by atoms with E-state index < -0.39 is 18.9 Å². The van der Waals surface area contributed by atoms with Crippen molar-refractivity contribution in [2.75, 3.05) is 6.54 Å². The van der Waals surface area contributed by atoms with Gasteiger partial charge >= 0.3 is 12.3 Å². The van der Waals surface area contributed by atoms with Gasteiger partial charge in [-0.3, -0.25) is 0 Å². The Hall–Kier alpha value is -1.63. The molecule has 1 heterocycles. The van der Waals surface area contributed by atoms with Crippen LogP contribution in [0.3, 0.4) is 0 Å². The number of para-hydroxylation sites is 2. The van der Waals surface area contributed by atoms with Crippen LogP contribution in [0.4, 0.5) is 17.6 Å². The van der Waals surface area contributed by atoms with Crippen LogP contribution < -0.4 is 5.32 Å². The van der Waals surface area contributed by atoms with Gasteiger partial charge in [-0.2, -0.15) is 8.78 Å². The van der Waals surface area contributed by atoms with Crippen molar-refractivity contribution in [3.8, 4) is 0 Å². The molecule has 1 aromatic heterocycles. The van der Waals surface area contributed by atoms with E-state index in [2.05, 4.69) is 10.3 Å². The Bertz CT molecular complexity index is 595. The number of fused-ring (bicyclic) bond motifs is 1. The van der Waals surface area contributed by atoms with Crippen LogP contribution in [-0.2, 0) is 13.1 Å². The van der Waals surface area contributed by atoms with Crippen LogP contribution in [0.15, 0.2) is 24.3 Å². The van der Waals surface area contributed by atoms with Gasteiger partial charge in [0.05, 0.1) is 24.1 Å². The molecule has 0 saturated carbocycles. The standard InChI is InChI=1S/C14H17F4N3/c1-2-7-21-11-6-4-3-5-10(11)20-12(21)8-19-9-14(17,18)13(15)16/h3-6,13,19H,2,7-9H2,1H3. The number of aromatic nitrogens is 2. The third kappa shape index (κ3) is 3.53. The first-order valence-corrected chi connectivity index (χ1v) is 6.76. The number of nitrogens with zero attached hydrogens (tertiary/aromatic N) is 2. The van der Waals surface area contributed by atoms with E-state index in [0.29, 0.717) is 12.4 Å². The van der Waals surface area contributed by atoms with E-state index in [4.69, 9.17) is 0 Å². The van der Waals surface area contributed by atoms with Crippen LogP contribution in [0.5, 0.6) is 0 Å². The van der Waals surface area contributed by atoms with E-state index in [1.807, 2.05) is 35.8 Å². The van der Waals surface area contributed by atoms with Crippen molar-refractivity contribution >= 4 is 11.0 Å². The number of aryl methyl sites for hydroxylation is 1. The average Bonchev–Trinajstić information content (AvgIpc) is 2.77. The molecule has 0 saturated heterocycles. The zero-order valence-electron chi connectivity index (χ0n) is 11.6. The normalized spacial score (nSPS) is 12.5. The fraction of sp³-hybridized carbons (Fsp3) is 0.500. The zero-order valence-corrected chi connectivity index (χ0v) is 11.6. The SMILES string of the molecule is CCCn1c(CNCC(F)(F)C(F)F)nc2ccccc21. The number of benzene rings is 1. The minimum atomic E-state index is -4.03. The highest BCUT2D eigenvalue weighted by atomic mass is 19.3. The summed E-state index contributed by atoms with van der Waals surface area (Å²) in [5, 5.41) is 2.37. The maximum Gasteiger partial charge on any atom is 0.319 e. The summed E-state index contributed by atoms with van der Waals surface area (Å²) in [6, 6.07) is 7.44. The van der Waals surface area contributed by atoms with Gasteiger partial charge in [-0.1, -0.05) is 19.1 Å². The highest BCUT2D eigenvalue weighted by Gasteiger charge is 2.40. The Labute approximate surface area is 120 Å². The van der Waals surface area contributed by atoms with Crippen molar-refractivity contribution in [1.82, 2.24) is 14.9 Å². The maximum atomic E-state index is 12.9. The Morgan fingerprint density at radius 2 is 2.00 bits per heavy atom. The van der Waals surface area contributed by atoms with E-state index in [-0.39, 0.29) is 6.54 Å². The van der Waals surface area contributed by atoms with Gasteiger partial charge in [0.25, 0.3) is 0 Å². The number of imidazole rings is 1. The molecule has 0 unspecified atom stereocenters. The summed E-state index contributed by atoms with van der Waals surface area (Å²) in [7, 11) is 0. The largest absolute Gasteiger partial charge is 0.327 e. The van der Waals surface area contributed by atoms with E-state index in [1.165, 1.54) is 0 Å². The highest BCUT2D eigenvalue weighted by Crippen LogP contribution is 2.22. The molecule has 1 N–H and O–H groups in total. The minimum absolute atomic E-state index is 0.0248. The van der Waals surface area contributed by atoms with Crippen molar-refractivity contribution in [1.29, 1.82) is 0 Å². The smallest absolute Gasteiger partial charge is 0.319 e. The molecule has 1 aromatic carbocycles. The first-order chi connectivity index (χ1) is 9.95. The highest BCUT2D eigenvalue weighted by molar-refractivity contribution is 5.75. The predicted molar refractivity (Wildman–Crippen MR) is 72.7 cm³/mol. The zero-order chi connectivity index (χ0) is 15.5. The van der Waals surface area contributed by atoms with Crippen molar-refractivity contribution in [3.63, 3.8) is 0 Å². The predicted octanol–water partition coefficient (Wildman–Crippen LogP) is 3.44. The van der Waals surface area contributed by atoms with Crippen LogP contribution in [0.1, 0.15) is 19.2 Å². The van der Waals surface area contributed by atoms with Gasteiger partial charge in [0.1, 0.15) is 5.82 Å². The van der Waals surface area contributed by atoms with Crippen LogP contribution >= 0.6 is 0 Å². The molecule has 3 nitrogen and oxygen atoms in total. The third-order valence-corrected chi connectivity index (χ3v) is 3.14. The molecule has 116 valence electrons. The van der Waals surface area contributed by atoms with E-state index in [0.717, 1.165) is 17.5 Å². The molecule has 0 aliphatic rings. The number of rotatable bonds is 7. The van der Waals surface area contributed by atoms with Gasteiger partial charge in [-0.15, -0.1) is 0 Å². The van der Waals surface area contributed by atoms with Crippen molar-refractivity contribution in [3.05, 3.63) is 30.1 Å². The lowest BCUT2D eigenvalue weighted by Crippen LogP contribution is -2.38. The number of hydrogen-bond donors (Lipinski definition) is 1. The monoisotopic (exact) mass is 303 g/mol. The fourth-order valence-corrected chi connectivity index (χ4v) is 2.15. The molecular weight excluding hydrogens is 286 g/mol. The molecule has 0 aliphatic carbocycles. The van der Waals surface area contributed by atoms with Crippen LogP contribution in [0.2, 0.25) is 0 Å². The number of alkyl halides is 4. The topological polar surface area (TPSA) is 29.9 Å². The minimum Gasteiger partial charge on any atom is -0.327 e. The fourth-order valence-electron chi connectivity index (χ4n) is 2.15. The molecule has 21 heavy (non-hydrogen) atoms. The van der Waals surface area contributed by atoms with E-state index in [1.54, 1.807) is 0 Å². The number of nitrogens with one attached hydrogen (secondary N) is 1.